The zero-order valence-electron chi connectivity index (χ0n) is 16.9. The largest absolute Gasteiger partial charge is 0.503 e. The van der Waals surface area contributed by atoms with Gasteiger partial charge < -0.3 is 24.1 Å². The average Bonchev–Trinajstić information content (AvgIpc) is 3.33. The monoisotopic (exact) mass is 398 g/mol. The first kappa shape index (κ1) is 20.7. The molecule has 1 aliphatic heterocycles. The van der Waals surface area contributed by atoms with Crippen LogP contribution in [0.1, 0.15) is 35.5 Å². The minimum absolute atomic E-state index is 0.0333. The molecule has 2 aromatic rings. The Morgan fingerprint density at radius 3 is 2.55 bits per heavy atom. The Balaban J connectivity index is 1.98. The summed E-state index contributed by atoms with van der Waals surface area (Å²) in [6.45, 7) is 3.60. The second-order valence-corrected chi connectivity index (χ2v) is 7.19. The smallest absolute Gasteiger partial charge is 0.290 e. The van der Waals surface area contributed by atoms with Crippen LogP contribution >= 0.6 is 0 Å². The standard InChI is InChI=1S/C22H26N2O5/c1-4-13-28-16-9-7-15(8-10-16)19-18(20(25)17-6-5-14-29-17)21(26)22(27)24(19)12-11-23(2)3/h5-10,14,19,26H,4,11-13H2,1-3H3/t19-/m1/s1. The second-order valence-electron chi connectivity index (χ2n) is 7.19. The molecule has 0 saturated carbocycles. The first-order chi connectivity index (χ1) is 13.9. The fourth-order valence-electron chi connectivity index (χ4n) is 3.28. The van der Waals surface area contributed by atoms with Crippen LogP contribution in [0.4, 0.5) is 0 Å². The average molecular weight is 398 g/mol. The molecule has 0 unspecified atom stereocenters. The fraction of sp³-hybridized carbons (Fsp3) is 0.364. The van der Waals surface area contributed by atoms with Gasteiger partial charge in [-0.1, -0.05) is 19.1 Å². The van der Waals surface area contributed by atoms with E-state index in [1.54, 1.807) is 6.07 Å². The number of hydrogen-bond acceptors (Lipinski definition) is 6. The summed E-state index contributed by atoms with van der Waals surface area (Å²) in [6.07, 6.45) is 2.29. The van der Waals surface area contributed by atoms with Crippen molar-refractivity contribution in [1.82, 2.24) is 9.80 Å². The molecular formula is C22H26N2O5. The lowest BCUT2D eigenvalue weighted by atomic mass is 9.95. The lowest BCUT2D eigenvalue weighted by Crippen LogP contribution is -2.36. The minimum Gasteiger partial charge on any atom is -0.503 e. The van der Waals surface area contributed by atoms with E-state index >= 15 is 0 Å². The van der Waals surface area contributed by atoms with Crippen molar-refractivity contribution in [3.8, 4) is 5.75 Å². The highest BCUT2D eigenvalue weighted by Crippen LogP contribution is 2.39. The molecule has 2 heterocycles. The molecular weight excluding hydrogens is 372 g/mol. The number of aliphatic hydroxyl groups excluding tert-OH is 1. The molecule has 1 amide bonds. The minimum atomic E-state index is -0.694. The van der Waals surface area contributed by atoms with Crippen LogP contribution < -0.4 is 4.74 Å². The second kappa shape index (κ2) is 8.96. The number of hydrogen-bond donors (Lipinski definition) is 1. The van der Waals surface area contributed by atoms with Gasteiger partial charge in [-0.15, -0.1) is 0 Å². The number of ether oxygens (including phenoxy) is 1. The summed E-state index contributed by atoms with van der Waals surface area (Å²) in [5.41, 5.74) is 0.755. The molecule has 154 valence electrons. The Morgan fingerprint density at radius 2 is 1.97 bits per heavy atom. The van der Waals surface area contributed by atoms with Gasteiger partial charge in [-0.3, -0.25) is 9.59 Å². The van der Waals surface area contributed by atoms with Gasteiger partial charge in [0.2, 0.25) is 5.78 Å². The number of carbonyl (C=O) groups excluding carboxylic acids is 2. The van der Waals surface area contributed by atoms with E-state index in [0.717, 1.165) is 12.0 Å². The number of carbonyl (C=O) groups is 2. The summed E-state index contributed by atoms with van der Waals surface area (Å²) < 4.78 is 10.8. The molecule has 1 N–H and O–H groups in total. The molecule has 1 aliphatic rings. The summed E-state index contributed by atoms with van der Waals surface area (Å²) in [6, 6.07) is 9.68. The van der Waals surface area contributed by atoms with E-state index in [4.69, 9.17) is 9.15 Å². The van der Waals surface area contributed by atoms with Crippen molar-refractivity contribution in [2.75, 3.05) is 33.8 Å². The van der Waals surface area contributed by atoms with Crippen molar-refractivity contribution in [2.45, 2.75) is 19.4 Å². The molecule has 0 aliphatic carbocycles. The number of furan rings is 1. The van der Waals surface area contributed by atoms with Gasteiger partial charge in [0.25, 0.3) is 5.91 Å². The first-order valence-corrected chi connectivity index (χ1v) is 9.63. The van der Waals surface area contributed by atoms with Crippen LogP contribution in [0.15, 0.2) is 58.4 Å². The molecule has 7 heteroatoms. The summed E-state index contributed by atoms with van der Waals surface area (Å²) in [4.78, 5) is 29.3. The summed E-state index contributed by atoms with van der Waals surface area (Å²) in [7, 11) is 3.80. The highest BCUT2D eigenvalue weighted by Gasteiger charge is 2.44. The first-order valence-electron chi connectivity index (χ1n) is 9.63. The predicted octanol–water partition coefficient (Wildman–Crippen LogP) is 3.21. The van der Waals surface area contributed by atoms with Gasteiger partial charge in [0.05, 0.1) is 24.5 Å². The van der Waals surface area contributed by atoms with Crippen LogP contribution in [0.5, 0.6) is 5.75 Å². The van der Waals surface area contributed by atoms with E-state index in [1.807, 2.05) is 50.2 Å². The molecule has 0 fully saturated rings. The molecule has 1 aromatic heterocycles. The molecule has 7 nitrogen and oxygen atoms in total. The Kier molecular flexibility index (Phi) is 6.39. The van der Waals surface area contributed by atoms with Crippen LogP contribution in [0.3, 0.4) is 0 Å². The number of Topliss-reactive ketones (excluding diaryl/α,β-unsaturated/α-hetero) is 1. The Bertz CT molecular complexity index is 884. The topological polar surface area (TPSA) is 83.2 Å². The molecule has 0 saturated heterocycles. The molecule has 0 spiro atoms. The lowest BCUT2D eigenvalue weighted by molar-refractivity contribution is -0.129. The highest BCUT2D eigenvalue weighted by atomic mass is 16.5. The van der Waals surface area contributed by atoms with Crippen LogP contribution in [-0.2, 0) is 4.79 Å². The van der Waals surface area contributed by atoms with Crippen molar-refractivity contribution in [1.29, 1.82) is 0 Å². The third-order valence-electron chi connectivity index (χ3n) is 4.75. The van der Waals surface area contributed by atoms with Crippen molar-refractivity contribution >= 4 is 11.7 Å². The zero-order chi connectivity index (χ0) is 21.0. The number of ketones is 1. The number of rotatable bonds is 9. The van der Waals surface area contributed by atoms with Gasteiger partial charge in [0.1, 0.15) is 5.75 Å². The van der Waals surface area contributed by atoms with Crippen LogP contribution in [0.2, 0.25) is 0 Å². The van der Waals surface area contributed by atoms with E-state index in [-0.39, 0.29) is 11.3 Å². The highest BCUT2D eigenvalue weighted by molar-refractivity contribution is 6.15. The molecule has 3 rings (SSSR count). The van der Waals surface area contributed by atoms with Gasteiger partial charge in [-0.2, -0.15) is 0 Å². The maximum Gasteiger partial charge on any atom is 0.290 e. The molecule has 1 aromatic carbocycles. The van der Waals surface area contributed by atoms with Crippen molar-refractivity contribution < 1.29 is 23.8 Å². The number of likely N-dealkylation sites (N-methyl/N-ethyl adjacent to an activating group) is 1. The zero-order valence-corrected chi connectivity index (χ0v) is 16.9. The van der Waals surface area contributed by atoms with E-state index in [1.165, 1.54) is 17.2 Å². The normalized spacial score (nSPS) is 16.8. The SMILES string of the molecule is CCCOc1ccc([C@@H]2C(C(=O)c3ccco3)=C(O)C(=O)N2CCN(C)C)cc1. The molecule has 0 bridgehead atoms. The Labute approximate surface area is 170 Å². The number of amides is 1. The molecule has 29 heavy (non-hydrogen) atoms. The predicted molar refractivity (Wildman–Crippen MR) is 108 cm³/mol. The number of nitrogens with zero attached hydrogens (tertiary/aromatic N) is 2. The van der Waals surface area contributed by atoms with Crippen LogP contribution in [0, 0.1) is 0 Å². The quantitative estimate of drug-likeness (QED) is 0.653. The van der Waals surface area contributed by atoms with Gasteiger partial charge in [-0.25, -0.2) is 0 Å². The summed E-state index contributed by atoms with van der Waals surface area (Å²) in [5.74, 6) is -0.780. The molecule has 1 atom stereocenters. The van der Waals surface area contributed by atoms with Crippen LogP contribution in [0.25, 0.3) is 0 Å². The van der Waals surface area contributed by atoms with Crippen molar-refractivity contribution in [2.24, 2.45) is 0 Å². The van der Waals surface area contributed by atoms with Crippen molar-refractivity contribution in [3.05, 3.63) is 65.3 Å². The van der Waals surface area contributed by atoms with E-state index in [2.05, 4.69) is 0 Å². The fourth-order valence-corrected chi connectivity index (χ4v) is 3.28. The number of benzene rings is 1. The van der Waals surface area contributed by atoms with E-state index in [9.17, 15) is 14.7 Å². The Morgan fingerprint density at radius 1 is 1.24 bits per heavy atom. The summed E-state index contributed by atoms with van der Waals surface area (Å²) >= 11 is 0. The van der Waals surface area contributed by atoms with Gasteiger partial charge in [0.15, 0.2) is 11.5 Å². The lowest BCUT2D eigenvalue weighted by Gasteiger charge is -2.28. The van der Waals surface area contributed by atoms with E-state index in [0.29, 0.717) is 25.4 Å². The maximum absolute atomic E-state index is 13.0. The van der Waals surface area contributed by atoms with Gasteiger partial charge in [-0.05, 0) is 50.3 Å². The maximum atomic E-state index is 13.0. The van der Waals surface area contributed by atoms with Crippen molar-refractivity contribution in [3.63, 3.8) is 0 Å². The van der Waals surface area contributed by atoms with Crippen LogP contribution in [-0.4, -0.2) is 60.4 Å². The molecule has 0 radical (unpaired) electrons. The Hall–Kier alpha value is -3.06. The van der Waals surface area contributed by atoms with Gasteiger partial charge >= 0.3 is 0 Å². The summed E-state index contributed by atoms with van der Waals surface area (Å²) in [5, 5.41) is 10.6. The van der Waals surface area contributed by atoms with Gasteiger partial charge in [0, 0.05) is 13.1 Å². The third-order valence-corrected chi connectivity index (χ3v) is 4.75. The van der Waals surface area contributed by atoms with E-state index < -0.39 is 23.5 Å². The number of aliphatic hydroxyl groups is 1. The third kappa shape index (κ3) is 4.35.